The van der Waals surface area contributed by atoms with Crippen molar-refractivity contribution in [1.29, 1.82) is 0 Å². The first-order chi connectivity index (χ1) is 15.5. The minimum atomic E-state index is -0.575. The zero-order valence-electron chi connectivity index (χ0n) is 18.3. The first-order valence-corrected chi connectivity index (χ1v) is 10.9. The highest BCUT2D eigenvalue weighted by Gasteiger charge is 2.20. The van der Waals surface area contributed by atoms with Gasteiger partial charge >= 0.3 is 0 Å². The molecule has 1 fully saturated rings. The van der Waals surface area contributed by atoms with E-state index in [0.717, 1.165) is 38.4 Å². The van der Waals surface area contributed by atoms with Crippen LogP contribution in [0.4, 0.5) is 0 Å². The Kier molecular flexibility index (Phi) is 6.94. The molecule has 1 amide bonds. The van der Waals surface area contributed by atoms with Crippen molar-refractivity contribution in [2.24, 2.45) is 5.73 Å². The molecule has 0 spiro atoms. The number of nitrogens with zero attached hydrogens (tertiary/aromatic N) is 3. The third-order valence-electron chi connectivity index (χ3n) is 5.79. The van der Waals surface area contributed by atoms with E-state index in [4.69, 9.17) is 10.5 Å². The van der Waals surface area contributed by atoms with Crippen molar-refractivity contribution in [2.45, 2.75) is 26.1 Å². The fourth-order valence-corrected chi connectivity index (χ4v) is 4.01. The van der Waals surface area contributed by atoms with E-state index in [0.29, 0.717) is 23.3 Å². The minimum absolute atomic E-state index is 0.0269. The summed E-state index contributed by atoms with van der Waals surface area (Å²) in [6, 6.07) is 15.6. The third-order valence-corrected chi connectivity index (χ3v) is 5.79. The van der Waals surface area contributed by atoms with Gasteiger partial charge < -0.3 is 15.8 Å². The fourth-order valence-electron chi connectivity index (χ4n) is 4.01. The van der Waals surface area contributed by atoms with Crippen molar-refractivity contribution >= 4 is 16.8 Å². The van der Waals surface area contributed by atoms with Gasteiger partial charge in [-0.05, 0) is 24.6 Å². The summed E-state index contributed by atoms with van der Waals surface area (Å²) in [5.41, 5.74) is 8.13. The summed E-state index contributed by atoms with van der Waals surface area (Å²) in [5, 5.41) is 4.04. The number of nitrogens with one attached hydrogen (secondary N) is 1. The number of carbonyl (C=O) groups is 1. The van der Waals surface area contributed by atoms with Crippen LogP contribution in [-0.2, 0) is 22.6 Å². The maximum Gasteiger partial charge on any atom is 0.261 e. The molecule has 2 heterocycles. The van der Waals surface area contributed by atoms with E-state index in [9.17, 15) is 9.59 Å². The monoisotopic (exact) mass is 435 g/mol. The van der Waals surface area contributed by atoms with Crippen molar-refractivity contribution in [3.63, 3.8) is 0 Å². The number of hydrogen-bond acceptors (Lipinski definition) is 6. The first kappa shape index (κ1) is 22.1. The Labute approximate surface area is 187 Å². The molecule has 0 aliphatic carbocycles. The number of rotatable bonds is 8. The zero-order chi connectivity index (χ0) is 22.5. The number of nitrogens with two attached hydrogens (primary N) is 1. The van der Waals surface area contributed by atoms with Crippen LogP contribution >= 0.6 is 0 Å². The zero-order valence-corrected chi connectivity index (χ0v) is 18.3. The lowest BCUT2D eigenvalue weighted by Gasteiger charge is -2.31. The highest BCUT2D eigenvalue weighted by Crippen LogP contribution is 2.17. The maximum absolute atomic E-state index is 13.0. The van der Waals surface area contributed by atoms with Crippen molar-refractivity contribution in [2.75, 3.05) is 32.8 Å². The minimum Gasteiger partial charge on any atom is -0.379 e. The van der Waals surface area contributed by atoms with Gasteiger partial charge in [0.25, 0.3) is 5.56 Å². The quantitative estimate of drug-likeness (QED) is 0.554. The molecule has 1 aliphatic rings. The number of carbonyl (C=O) groups excluding carboxylic acids is 1. The molecule has 1 atom stereocenters. The van der Waals surface area contributed by atoms with E-state index >= 15 is 0 Å². The van der Waals surface area contributed by atoms with Gasteiger partial charge in [-0.15, -0.1) is 0 Å². The topological polar surface area (TPSA) is 102 Å². The maximum atomic E-state index is 13.0. The van der Waals surface area contributed by atoms with Crippen LogP contribution in [0.3, 0.4) is 0 Å². The number of primary amides is 1. The van der Waals surface area contributed by atoms with Crippen LogP contribution in [0, 0.1) is 6.92 Å². The molecule has 3 N–H and O–H groups in total. The molecular weight excluding hydrogens is 406 g/mol. The van der Waals surface area contributed by atoms with Gasteiger partial charge in [-0.25, -0.2) is 4.98 Å². The predicted molar refractivity (Wildman–Crippen MR) is 123 cm³/mol. The normalized spacial score (nSPS) is 15.7. The van der Waals surface area contributed by atoms with Gasteiger partial charge in [0, 0.05) is 25.7 Å². The van der Waals surface area contributed by atoms with Crippen LogP contribution in [0.2, 0.25) is 0 Å². The molecule has 168 valence electrons. The number of aryl methyl sites for hydroxylation is 1. The molecule has 32 heavy (non-hydrogen) atoms. The molecule has 0 saturated carbocycles. The van der Waals surface area contributed by atoms with Crippen LogP contribution in [0.25, 0.3) is 10.9 Å². The Hall–Kier alpha value is -3.07. The van der Waals surface area contributed by atoms with Gasteiger partial charge in [0.1, 0.15) is 12.4 Å². The highest BCUT2D eigenvalue weighted by molar-refractivity contribution is 5.78. The number of aromatic nitrogens is 2. The number of ether oxygens (including phenoxy) is 1. The van der Waals surface area contributed by atoms with Crippen molar-refractivity contribution in [3.05, 3.63) is 75.8 Å². The van der Waals surface area contributed by atoms with E-state index in [2.05, 4.69) is 46.4 Å². The molecule has 4 rings (SSSR count). The molecule has 3 aromatic rings. The number of para-hydroxylation sites is 1. The lowest BCUT2D eigenvalue weighted by Crippen LogP contribution is -2.42. The predicted octanol–water partition coefficient (Wildman–Crippen LogP) is 1.35. The van der Waals surface area contributed by atoms with Crippen LogP contribution in [0.1, 0.15) is 23.0 Å². The second-order valence-corrected chi connectivity index (χ2v) is 8.16. The van der Waals surface area contributed by atoms with Gasteiger partial charge in [-0.1, -0.05) is 42.0 Å². The van der Waals surface area contributed by atoms with Gasteiger partial charge in [-0.3, -0.25) is 19.1 Å². The summed E-state index contributed by atoms with van der Waals surface area (Å²) in [7, 11) is 0. The van der Waals surface area contributed by atoms with Crippen LogP contribution in [0.5, 0.6) is 0 Å². The Morgan fingerprint density at radius 1 is 1.16 bits per heavy atom. The van der Waals surface area contributed by atoms with Crippen molar-refractivity contribution in [3.8, 4) is 0 Å². The Bertz CT molecular complexity index is 1140. The number of amides is 1. The van der Waals surface area contributed by atoms with Gasteiger partial charge in [0.2, 0.25) is 5.91 Å². The van der Waals surface area contributed by atoms with Gasteiger partial charge in [-0.2, -0.15) is 0 Å². The van der Waals surface area contributed by atoms with E-state index in [1.807, 2.05) is 6.07 Å². The summed E-state index contributed by atoms with van der Waals surface area (Å²) in [6.45, 7) is 6.21. The van der Waals surface area contributed by atoms with E-state index in [-0.39, 0.29) is 18.1 Å². The van der Waals surface area contributed by atoms with Gasteiger partial charge in [0.15, 0.2) is 0 Å². The lowest BCUT2D eigenvalue weighted by atomic mass is 10.0. The molecule has 2 aromatic carbocycles. The molecule has 1 unspecified atom stereocenters. The van der Waals surface area contributed by atoms with Crippen molar-refractivity contribution in [1.82, 2.24) is 19.8 Å². The Balaban J connectivity index is 1.63. The number of morpholine rings is 1. The molecule has 8 nitrogen and oxygen atoms in total. The summed E-state index contributed by atoms with van der Waals surface area (Å²) >= 11 is 0. The van der Waals surface area contributed by atoms with Crippen LogP contribution < -0.4 is 16.6 Å². The molecule has 8 heteroatoms. The Morgan fingerprint density at radius 3 is 2.59 bits per heavy atom. The lowest BCUT2D eigenvalue weighted by molar-refractivity contribution is -0.118. The molecule has 0 radical (unpaired) electrons. The van der Waals surface area contributed by atoms with Crippen LogP contribution in [0.15, 0.2) is 53.3 Å². The number of benzene rings is 2. The second kappa shape index (κ2) is 10.0. The summed E-state index contributed by atoms with van der Waals surface area (Å²) in [4.78, 5) is 31.7. The molecular formula is C24H29N5O3. The first-order valence-electron chi connectivity index (χ1n) is 10.9. The largest absolute Gasteiger partial charge is 0.379 e. The van der Waals surface area contributed by atoms with Crippen molar-refractivity contribution < 1.29 is 9.53 Å². The molecule has 1 aromatic heterocycles. The summed E-state index contributed by atoms with van der Waals surface area (Å²) in [6.07, 6.45) is 0. The molecule has 1 saturated heterocycles. The van der Waals surface area contributed by atoms with E-state index in [1.165, 1.54) is 10.1 Å². The molecule has 1 aliphatic heterocycles. The third kappa shape index (κ3) is 5.21. The fraction of sp³-hybridized carbons (Fsp3) is 0.375. The van der Waals surface area contributed by atoms with Crippen LogP contribution in [-0.4, -0.2) is 53.2 Å². The highest BCUT2D eigenvalue weighted by atomic mass is 16.5. The molecule has 0 bridgehead atoms. The number of hydrogen-bond donors (Lipinski definition) is 2. The summed E-state index contributed by atoms with van der Waals surface area (Å²) in [5.74, 6) is -0.0829. The van der Waals surface area contributed by atoms with E-state index < -0.39 is 5.91 Å². The van der Waals surface area contributed by atoms with Gasteiger partial charge in [0.05, 0.1) is 30.7 Å². The average molecular weight is 436 g/mol. The van der Waals surface area contributed by atoms with E-state index in [1.54, 1.807) is 18.2 Å². The smallest absolute Gasteiger partial charge is 0.261 e. The Morgan fingerprint density at radius 2 is 1.88 bits per heavy atom. The average Bonchev–Trinajstić information content (AvgIpc) is 2.80. The SMILES string of the molecule is Cc1ccc(C(CN2CCOCC2)NCc2nc3ccccc3c(=O)n2CC(N)=O)cc1. The summed E-state index contributed by atoms with van der Waals surface area (Å²) < 4.78 is 6.86. The standard InChI is InChI=1S/C24H29N5O3/c1-17-6-8-18(9-7-17)21(15-28-10-12-32-13-11-28)26-14-23-27-20-5-3-2-4-19(20)24(31)29(23)16-22(25)30/h2-9,21,26H,10-16H2,1H3,(H2,25,30). The second-order valence-electron chi connectivity index (χ2n) is 8.16. The number of fused-ring (bicyclic) bond motifs is 1.